The second kappa shape index (κ2) is 14.5. The normalized spacial score (nSPS) is 11.1. The van der Waals surface area contributed by atoms with Crippen molar-refractivity contribution in [2.24, 2.45) is 0 Å². The topological polar surface area (TPSA) is 0 Å². The minimum absolute atomic E-state index is 1.12. The molecule has 0 heterocycles. The highest BCUT2D eigenvalue weighted by Gasteiger charge is 1.90. The maximum absolute atomic E-state index is 3.72. The summed E-state index contributed by atoms with van der Waals surface area (Å²) < 4.78 is 0. The summed E-state index contributed by atoms with van der Waals surface area (Å²) in [4.78, 5) is 0. The van der Waals surface area contributed by atoms with E-state index >= 15 is 0 Å². The Labute approximate surface area is 103 Å². The number of rotatable bonds is 12. The van der Waals surface area contributed by atoms with Crippen molar-refractivity contribution in [2.75, 3.05) is 0 Å². The molecule has 0 radical (unpaired) electrons. The smallest absolute Gasteiger partial charge is 0.0316 e. The first kappa shape index (κ1) is 15.5. The van der Waals surface area contributed by atoms with E-state index < -0.39 is 0 Å². The van der Waals surface area contributed by atoms with Gasteiger partial charge < -0.3 is 0 Å². The highest BCUT2D eigenvalue weighted by atomic mass is 14.0. The molecule has 0 spiro atoms. The Bertz CT molecular complexity index is 155. The molecule has 0 saturated heterocycles. The fourth-order valence-electron chi connectivity index (χ4n) is 1.85. The van der Waals surface area contributed by atoms with E-state index in [-0.39, 0.29) is 0 Å². The summed E-state index contributed by atoms with van der Waals surface area (Å²) in [6.07, 6.45) is 21.5. The van der Waals surface area contributed by atoms with Gasteiger partial charge in [-0.2, -0.15) is 0 Å². The summed E-state index contributed by atoms with van der Waals surface area (Å²) >= 11 is 0. The third-order valence-electron chi connectivity index (χ3n) is 2.93. The molecule has 0 N–H and O–H groups in total. The lowest BCUT2D eigenvalue weighted by atomic mass is 10.1. The van der Waals surface area contributed by atoms with Gasteiger partial charge in [-0.3, -0.25) is 0 Å². The number of hydrogen-bond acceptors (Lipinski definition) is 0. The highest BCUT2D eigenvalue weighted by Crippen LogP contribution is 2.09. The lowest BCUT2D eigenvalue weighted by Gasteiger charge is -1.99. The SMILES string of the molecule is C=CCCC=CCCCCCCCCCC. The molecule has 0 aromatic heterocycles. The zero-order valence-electron chi connectivity index (χ0n) is 11.2. The van der Waals surface area contributed by atoms with Crippen LogP contribution in [0.5, 0.6) is 0 Å². The molecule has 0 aliphatic carbocycles. The molecule has 94 valence electrons. The predicted octanol–water partition coefficient (Wildman–Crippen LogP) is 6.04. The molecule has 16 heavy (non-hydrogen) atoms. The van der Waals surface area contributed by atoms with Crippen molar-refractivity contribution in [3.63, 3.8) is 0 Å². The second-order valence-electron chi connectivity index (χ2n) is 4.60. The van der Waals surface area contributed by atoms with Gasteiger partial charge in [0.15, 0.2) is 0 Å². The Hall–Kier alpha value is -0.520. The minimum atomic E-state index is 1.12. The highest BCUT2D eigenvalue weighted by molar-refractivity contribution is 4.84. The first-order valence-corrected chi connectivity index (χ1v) is 7.17. The molecule has 0 fully saturated rings. The summed E-state index contributed by atoms with van der Waals surface area (Å²) in [5, 5.41) is 0. The first-order valence-electron chi connectivity index (χ1n) is 7.17. The van der Waals surface area contributed by atoms with Crippen molar-refractivity contribution in [2.45, 2.75) is 77.6 Å². The first-order chi connectivity index (χ1) is 7.91. The van der Waals surface area contributed by atoms with Crippen LogP contribution in [0.4, 0.5) is 0 Å². The van der Waals surface area contributed by atoms with Crippen LogP contribution in [-0.2, 0) is 0 Å². The van der Waals surface area contributed by atoms with E-state index in [0.29, 0.717) is 0 Å². The summed E-state index contributed by atoms with van der Waals surface area (Å²) in [5.41, 5.74) is 0. The van der Waals surface area contributed by atoms with E-state index in [9.17, 15) is 0 Å². The van der Waals surface area contributed by atoms with Gasteiger partial charge in [-0.05, 0) is 25.7 Å². The molecule has 0 heteroatoms. The van der Waals surface area contributed by atoms with Gasteiger partial charge in [-0.25, -0.2) is 0 Å². The lowest BCUT2D eigenvalue weighted by Crippen LogP contribution is -1.79. The average molecular weight is 222 g/mol. The lowest BCUT2D eigenvalue weighted by molar-refractivity contribution is 0.577. The van der Waals surface area contributed by atoms with Crippen LogP contribution >= 0.6 is 0 Å². The van der Waals surface area contributed by atoms with Crippen molar-refractivity contribution in [1.82, 2.24) is 0 Å². The van der Waals surface area contributed by atoms with Crippen molar-refractivity contribution >= 4 is 0 Å². The molecule has 0 aliphatic heterocycles. The molecule has 0 nitrogen and oxygen atoms in total. The Morgan fingerprint density at radius 1 is 0.688 bits per heavy atom. The van der Waals surface area contributed by atoms with E-state index in [1.807, 2.05) is 6.08 Å². The predicted molar refractivity (Wildman–Crippen MR) is 75.8 cm³/mol. The average Bonchev–Trinajstić information content (AvgIpc) is 2.31. The minimum Gasteiger partial charge on any atom is -0.103 e. The summed E-state index contributed by atoms with van der Waals surface area (Å²) in [5.74, 6) is 0. The molecular weight excluding hydrogens is 192 g/mol. The maximum Gasteiger partial charge on any atom is -0.0316 e. The number of unbranched alkanes of at least 4 members (excludes halogenated alkanes) is 9. The Morgan fingerprint density at radius 2 is 1.25 bits per heavy atom. The van der Waals surface area contributed by atoms with Crippen molar-refractivity contribution < 1.29 is 0 Å². The molecule has 0 saturated carbocycles. The van der Waals surface area contributed by atoms with Crippen LogP contribution in [-0.4, -0.2) is 0 Å². The summed E-state index contributed by atoms with van der Waals surface area (Å²) in [7, 11) is 0. The molecular formula is C16H30. The largest absolute Gasteiger partial charge is 0.103 e. The van der Waals surface area contributed by atoms with Gasteiger partial charge in [0, 0.05) is 0 Å². The Kier molecular flexibility index (Phi) is 14.0. The molecule has 0 unspecified atom stereocenters. The molecule has 0 aromatic carbocycles. The van der Waals surface area contributed by atoms with Crippen LogP contribution < -0.4 is 0 Å². The summed E-state index contributed by atoms with van der Waals surface area (Å²) in [6, 6.07) is 0. The molecule has 0 aliphatic rings. The third-order valence-corrected chi connectivity index (χ3v) is 2.93. The van der Waals surface area contributed by atoms with Crippen molar-refractivity contribution in [1.29, 1.82) is 0 Å². The molecule has 0 bridgehead atoms. The van der Waals surface area contributed by atoms with Gasteiger partial charge in [0.05, 0.1) is 0 Å². The molecule has 0 aromatic rings. The van der Waals surface area contributed by atoms with Crippen molar-refractivity contribution in [3.05, 3.63) is 24.8 Å². The van der Waals surface area contributed by atoms with Gasteiger partial charge in [0.1, 0.15) is 0 Å². The zero-order chi connectivity index (χ0) is 11.9. The van der Waals surface area contributed by atoms with Crippen LogP contribution in [0, 0.1) is 0 Å². The summed E-state index contributed by atoms with van der Waals surface area (Å²) in [6.45, 7) is 5.99. The van der Waals surface area contributed by atoms with E-state index in [1.165, 1.54) is 64.2 Å². The van der Waals surface area contributed by atoms with E-state index in [2.05, 4.69) is 25.7 Å². The van der Waals surface area contributed by atoms with Crippen LogP contribution in [0.15, 0.2) is 24.8 Å². The van der Waals surface area contributed by atoms with E-state index in [0.717, 1.165) is 6.42 Å². The molecule has 0 atom stereocenters. The van der Waals surface area contributed by atoms with Crippen LogP contribution in [0.1, 0.15) is 77.6 Å². The standard InChI is InChI=1S/C16H30/c1-3-5-7-9-11-13-15-16-14-12-10-8-6-4-2/h3,9,11H,1,4-8,10,12-16H2,2H3. The van der Waals surface area contributed by atoms with Crippen LogP contribution in [0.2, 0.25) is 0 Å². The Balaban J connectivity index is 2.98. The van der Waals surface area contributed by atoms with Gasteiger partial charge in [0.2, 0.25) is 0 Å². The fourth-order valence-corrected chi connectivity index (χ4v) is 1.85. The van der Waals surface area contributed by atoms with E-state index in [1.54, 1.807) is 0 Å². The Morgan fingerprint density at radius 3 is 1.88 bits per heavy atom. The number of allylic oxidation sites excluding steroid dienone is 3. The van der Waals surface area contributed by atoms with Crippen molar-refractivity contribution in [3.8, 4) is 0 Å². The van der Waals surface area contributed by atoms with E-state index in [4.69, 9.17) is 0 Å². The molecule has 0 rings (SSSR count). The molecule has 0 amide bonds. The monoisotopic (exact) mass is 222 g/mol. The van der Waals surface area contributed by atoms with Gasteiger partial charge in [-0.15, -0.1) is 6.58 Å². The fraction of sp³-hybridized carbons (Fsp3) is 0.750. The van der Waals surface area contributed by atoms with Gasteiger partial charge in [-0.1, -0.05) is 70.1 Å². The second-order valence-corrected chi connectivity index (χ2v) is 4.60. The zero-order valence-corrected chi connectivity index (χ0v) is 11.2. The van der Waals surface area contributed by atoms with Gasteiger partial charge in [0.25, 0.3) is 0 Å². The number of hydrogen-bond donors (Lipinski definition) is 0. The quantitative estimate of drug-likeness (QED) is 0.279. The third kappa shape index (κ3) is 13.5. The maximum atomic E-state index is 3.72. The van der Waals surface area contributed by atoms with Gasteiger partial charge >= 0.3 is 0 Å². The van der Waals surface area contributed by atoms with Crippen LogP contribution in [0.25, 0.3) is 0 Å². The van der Waals surface area contributed by atoms with Crippen LogP contribution in [0.3, 0.4) is 0 Å².